The summed E-state index contributed by atoms with van der Waals surface area (Å²) < 4.78 is 54.8. The molecule has 2 amide bonds. The first-order valence-corrected chi connectivity index (χ1v) is 21.9. The van der Waals surface area contributed by atoms with E-state index in [2.05, 4.69) is 36.3 Å². The van der Waals surface area contributed by atoms with E-state index in [4.69, 9.17) is 9.15 Å². The third-order valence-corrected chi connectivity index (χ3v) is 12.2. The summed E-state index contributed by atoms with van der Waals surface area (Å²) in [7, 11) is -3.79. The zero-order valence-corrected chi connectivity index (χ0v) is 33.1. The number of carbonyl (C=O) groups is 3. The lowest BCUT2D eigenvalue weighted by Gasteiger charge is -2.31. The first kappa shape index (κ1) is 40.4. The average molecular weight is 833 g/mol. The number of rotatable bonds is 16. The zero-order valence-electron chi connectivity index (χ0n) is 30.7. The van der Waals surface area contributed by atoms with E-state index in [-0.39, 0.29) is 50.0 Å². The van der Waals surface area contributed by atoms with Crippen LogP contribution in [-0.4, -0.2) is 92.6 Å². The molecule has 0 spiro atoms. The lowest BCUT2D eigenvalue weighted by atomic mass is 9.84. The molecule has 0 unspecified atom stereocenters. The number of sulfonamides is 1. The number of oxazole rings is 1. The lowest BCUT2D eigenvalue weighted by molar-refractivity contribution is -0.140. The number of ether oxygens (including phenoxy) is 1. The van der Waals surface area contributed by atoms with Gasteiger partial charge in [0.15, 0.2) is 5.58 Å². The van der Waals surface area contributed by atoms with Crippen LogP contribution in [0.2, 0.25) is 0 Å². The molecule has 3 fully saturated rings. The van der Waals surface area contributed by atoms with Gasteiger partial charge in [0.25, 0.3) is 5.89 Å². The fraction of sp³-hybridized carbons (Fsp3) is 0.590. The van der Waals surface area contributed by atoms with E-state index in [1.54, 1.807) is 36.4 Å². The smallest absolute Gasteiger partial charge is 0.266 e. The summed E-state index contributed by atoms with van der Waals surface area (Å²) in [4.78, 5) is 48.6. The third kappa shape index (κ3) is 11.0. The van der Waals surface area contributed by atoms with Crippen LogP contribution in [0.1, 0.15) is 86.9 Å². The number of hydrogen-bond donors (Lipinski definition) is 3. The van der Waals surface area contributed by atoms with Crippen molar-refractivity contribution in [2.75, 3.05) is 32.5 Å². The van der Waals surface area contributed by atoms with Crippen molar-refractivity contribution < 1.29 is 36.3 Å². The third-order valence-electron chi connectivity index (χ3n) is 11.0. The molecule has 294 valence electrons. The van der Waals surface area contributed by atoms with Crippen LogP contribution >= 0.6 is 15.9 Å². The number of aromatic nitrogens is 1. The molecule has 0 radical (unpaired) electrons. The van der Waals surface area contributed by atoms with Crippen molar-refractivity contribution in [3.8, 4) is 0 Å². The number of carbonyl (C=O) groups excluding carboxylic acids is 3. The van der Waals surface area contributed by atoms with Crippen molar-refractivity contribution in [1.29, 1.82) is 0 Å². The Labute approximate surface area is 324 Å². The van der Waals surface area contributed by atoms with Gasteiger partial charge in [0, 0.05) is 17.4 Å². The van der Waals surface area contributed by atoms with E-state index >= 15 is 0 Å². The first-order chi connectivity index (χ1) is 25.9. The monoisotopic (exact) mass is 831 g/mol. The Kier molecular flexibility index (Phi) is 13.9. The van der Waals surface area contributed by atoms with E-state index in [0.717, 1.165) is 64.3 Å². The summed E-state index contributed by atoms with van der Waals surface area (Å²) in [5, 5.41) is 6.31. The maximum absolute atomic E-state index is 14.6. The summed E-state index contributed by atoms with van der Waals surface area (Å²) in [6.07, 6.45) is 9.10. The number of fused-ring (bicyclic) bond motifs is 1. The highest BCUT2D eigenvalue weighted by Crippen LogP contribution is 2.30. The van der Waals surface area contributed by atoms with Gasteiger partial charge < -0.3 is 24.7 Å². The highest BCUT2D eigenvalue weighted by Gasteiger charge is 2.44. The van der Waals surface area contributed by atoms with Crippen LogP contribution in [0.5, 0.6) is 0 Å². The molecule has 3 N–H and O–H groups in total. The van der Waals surface area contributed by atoms with Crippen LogP contribution in [0, 0.1) is 17.7 Å². The molecule has 2 aliphatic heterocycles. The van der Waals surface area contributed by atoms with Crippen molar-refractivity contribution in [2.45, 2.75) is 101 Å². The van der Waals surface area contributed by atoms with Gasteiger partial charge in [-0.1, -0.05) is 66.2 Å². The van der Waals surface area contributed by atoms with E-state index < -0.39 is 51.9 Å². The van der Waals surface area contributed by atoms with E-state index in [0.29, 0.717) is 39.9 Å². The molecule has 54 heavy (non-hydrogen) atoms. The van der Waals surface area contributed by atoms with Crippen LogP contribution in [0.15, 0.2) is 51.4 Å². The minimum Gasteiger partial charge on any atom is -0.434 e. The molecule has 3 aliphatic rings. The molecule has 3 aromatic rings. The van der Waals surface area contributed by atoms with Gasteiger partial charge in [0.05, 0.1) is 25.0 Å². The number of piperidine rings is 1. The van der Waals surface area contributed by atoms with Gasteiger partial charge in [-0.3, -0.25) is 14.4 Å². The highest BCUT2D eigenvalue weighted by atomic mass is 79.9. The maximum Gasteiger partial charge on any atom is 0.266 e. The Balaban J connectivity index is 1.23. The summed E-state index contributed by atoms with van der Waals surface area (Å²) in [5.74, 6) is -1.40. The number of ketones is 1. The molecule has 12 nitrogen and oxygen atoms in total. The number of hydrogen-bond acceptors (Lipinski definition) is 9. The number of halogens is 2. The zero-order chi connectivity index (χ0) is 38.2. The molecular weight excluding hydrogens is 781 g/mol. The molecular formula is C39H51BrFN5O7S. The van der Waals surface area contributed by atoms with Crippen molar-refractivity contribution in [3.05, 3.63) is 64.2 Å². The number of nitrogens with zero attached hydrogens (tertiary/aromatic N) is 2. The molecule has 3 heterocycles. The number of Topliss-reactive ketones (excluding diaryl/α,β-unsaturated/α-hetero) is 1. The van der Waals surface area contributed by atoms with Crippen molar-refractivity contribution >= 4 is 54.7 Å². The molecule has 1 aliphatic carbocycles. The molecule has 4 atom stereocenters. The summed E-state index contributed by atoms with van der Waals surface area (Å²) >= 11 is 3.27. The van der Waals surface area contributed by atoms with Gasteiger partial charge in [0.1, 0.15) is 23.4 Å². The molecule has 2 saturated heterocycles. The van der Waals surface area contributed by atoms with Crippen LogP contribution in [0.4, 0.5) is 4.39 Å². The van der Waals surface area contributed by atoms with Crippen LogP contribution in [-0.2, 0) is 30.8 Å². The number of para-hydroxylation sites is 2. The van der Waals surface area contributed by atoms with Crippen LogP contribution in [0.25, 0.3) is 11.1 Å². The number of likely N-dealkylation sites (tertiary alicyclic amines) is 1. The van der Waals surface area contributed by atoms with Gasteiger partial charge in [-0.25, -0.2) is 22.5 Å². The fourth-order valence-electron chi connectivity index (χ4n) is 8.12. The second-order valence-electron chi connectivity index (χ2n) is 15.1. The molecule has 6 rings (SSSR count). The van der Waals surface area contributed by atoms with E-state index in [9.17, 15) is 27.2 Å². The van der Waals surface area contributed by atoms with Crippen LogP contribution < -0.4 is 15.4 Å². The standard InChI is InChI=1S/C39H51BrFN5O7S/c1-54(50,51)45-32(14-11-25-15-18-42-19-16-25)39(49)46-24-29(52-20-17-27-12-13-28(40)22-30(27)41)23-34(46)37(48)43-33(21-26-7-3-2-4-8-26)36(47)38-44-31-9-5-6-10-35(31)53-38/h5-6,9-10,12-13,22,25-26,29,32-34,42,45H,2-4,7-8,11,14-21,23-24H2,1H3,(H,43,48)/t29-,32-,33+,34+/m1/s1. The largest absolute Gasteiger partial charge is 0.434 e. The topological polar surface area (TPSA) is 160 Å². The second-order valence-corrected chi connectivity index (χ2v) is 17.8. The predicted octanol–water partition coefficient (Wildman–Crippen LogP) is 5.29. The summed E-state index contributed by atoms with van der Waals surface area (Å²) in [6, 6.07) is 8.82. The van der Waals surface area contributed by atoms with Gasteiger partial charge in [-0.15, -0.1) is 0 Å². The van der Waals surface area contributed by atoms with Gasteiger partial charge in [0.2, 0.25) is 27.6 Å². The van der Waals surface area contributed by atoms with Crippen molar-refractivity contribution in [2.24, 2.45) is 11.8 Å². The molecule has 1 saturated carbocycles. The molecule has 1 aromatic heterocycles. The quantitative estimate of drug-likeness (QED) is 0.163. The minimum atomic E-state index is -3.79. The Bertz CT molecular complexity index is 1850. The molecule has 0 bridgehead atoms. The van der Waals surface area contributed by atoms with Crippen LogP contribution in [0.3, 0.4) is 0 Å². The van der Waals surface area contributed by atoms with Gasteiger partial charge in [-0.05, 0) is 93.3 Å². The van der Waals surface area contributed by atoms with Gasteiger partial charge in [-0.2, -0.15) is 0 Å². The second kappa shape index (κ2) is 18.6. The Hall–Kier alpha value is -3.24. The first-order valence-electron chi connectivity index (χ1n) is 19.2. The SMILES string of the molecule is CS(=O)(=O)N[C@H](CCC1CCNCC1)C(=O)N1C[C@H](OCCc2ccc(Br)cc2F)C[C@H]1C(=O)N[C@@H](CC1CCCCC1)C(=O)c1nc2ccccc2o1. The van der Waals surface area contributed by atoms with Crippen molar-refractivity contribution in [1.82, 2.24) is 25.2 Å². The fourth-order valence-corrected chi connectivity index (χ4v) is 9.19. The van der Waals surface area contributed by atoms with Gasteiger partial charge >= 0.3 is 0 Å². The highest BCUT2D eigenvalue weighted by molar-refractivity contribution is 9.10. The Morgan fingerprint density at radius 3 is 2.54 bits per heavy atom. The number of nitrogens with one attached hydrogen (secondary N) is 3. The maximum atomic E-state index is 14.6. The Morgan fingerprint density at radius 1 is 1.06 bits per heavy atom. The minimum absolute atomic E-state index is 0.0292. The lowest BCUT2D eigenvalue weighted by Crippen LogP contribution is -2.55. The summed E-state index contributed by atoms with van der Waals surface area (Å²) in [5.41, 5.74) is 1.47. The molecule has 2 aromatic carbocycles. The van der Waals surface area contributed by atoms with E-state index in [1.165, 1.54) is 11.0 Å². The normalized spacial score (nSPS) is 21.3. The summed E-state index contributed by atoms with van der Waals surface area (Å²) in [6.45, 7) is 1.90. The number of benzene rings is 2. The molecule has 15 heteroatoms. The average Bonchev–Trinajstić information content (AvgIpc) is 3.79. The van der Waals surface area contributed by atoms with Crippen molar-refractivity contribution in [3.63, 3.8) is 0 Å². The predicted molar refractivity (Wildman–Crippen MR) is 206 cm³/mol. The van der Waals surface area contributed by atoms with E-state index in [1.807, 2.05) is 0 Å². The Morgan fingerprint density at radius 2 is 1.81 bits per heavy atom. The number of amides is 2.